The Balaban J connectivity index is 2.18. The monoisotopic (exact) mass is 532 g/mol. The van der Waals surface area contributed by atoms with Gasteiger partial charge in [0, 0.05) is 0 Å². The van der Waals surface area contributed by atoms with Crippen LogP contribution in [0, 0.1) is 0 Å². The van der Waals surface area contributed by atoms with E-state index < -0.39 is 0 Å². The maximum absolute atomic E-state index is 3.78. The van der Waals surface area contributed by atoms with Gasteiger partial charge in [-0.3, -0.25) is 0 Å². The first-order valence-electron chi connectivity index (χ1n) is 11.6. The van der Waals surface area contributed by atoms with Gasteiger partial charge in [-0.1, -0.05) is 0 Å². The van der Waals surface area contributed by atoms with Crippen LogP contribution in [0.15, 0.2) is 36.4 Å². The van der Waals surface area contributed by atoms with Crippen LogP contribution in [0.1, 0.15) is 101 Å². The fourth-order valence-electron chi connectivity index (χ4n) is 4.61. The summed E-state index contributed by atoms with van der Waals surface area (Å²) in [7, 11) is 0. The molecule has 1 heterocycles. The molecule has 0 bridgehead atoms. The van der Waals surface area contributed by atoms with Gasteiger partial charge in [0.15, 0.2) is 0 Å². The van der Waals surface area contributed by atoms with Crippen molar-refractivity contribution >= 4 is 30.2 Å². The molecule has 0 amide bonds. The fourth-order valence-corrected chi connectivity index (χ4v) is 6.29. The van der Waals surface area contributed by atoms with Crippen molar-refractivity contribution in [2.45, 2.75) is 79.1 Å². The molecular formula is C27H38BrCuN2. The Labute approximate surface area is 202 Å². The van der Waals surface area contributed by atoms with Crippen molar-refractivity contribution in [1.29, 1.82) is 0 Å². The molecule has 0 saturated carbocycles. The third-order valence-corrected chi connectivity index (χ3v) is 7.78. The normalized spacial score (nSPS) is 14.9. The minimum absolute atomic E-state index is 0.484. The van der Waals surface area contributed by atoms with E-state index in [4.69, 9.17) is 0 Å². The zero-order chi connectivity index (χ0) is 22.9. The Morgan fingerprint density at radius 2 is 0.903 bits per heavy atom. The number of halogens is 1. The van der Waals surface area contributed by atoms with Crippen LogP contribution in [0.25, 0.3) is 0 Å². The number of anilines is 2. The summed E-state index contributed by atoms with van der Waals surface area (Å²) in [5.74, 6) is 1.93. The minimum atomic E-state index is 0.484. The van der Waals surface area contributed by atoms with Crippen molar-refractivity contribution in [3.8, 4) is 0 Å². The molecule has 0 aromatic heterocycles. The summed E-state index contributed by atoms with van der Waals surface area (Å²) in [6, 6.07) is 13.7. The molecule has 2 aromatic rings. The molecule has 0 N–H and O–H groups in total. The third kappa shape index (κ3) is 4.82. The van der Waals surface area contributed by atoms with E-state index in [1.807, 2.05) is 12.7 Å². The average Bonchev–Trinajstić information content (AvgIpc) is 3.15. The topological polar surface area (TPSA) is 6.48 Å². The Kier molecular flexibility index (Phi) is 8.10. The second-order valence-corrected chi connectivity index (χ2v) is 11.4. The first-order chi connectivity index (χ1) is 14.7. The van der Waals surface area contributed by atoms with E-state index >= 15 is 0 Å². The van der Waals surface area contributed by atoms with E-state index in [0.717, 1.165) is 13.1 Å². The van der Waals surface area contributed by atoms with Gasteiger partial charge in [0.1, 0.15) is 0 Å². The van der Waals surface area contributed by atoms with Crippen molar-refractivity contribution < 1.29 is 12.7 Å². The molecule has 174 valence electrons. The van der Waals surface area contributed by atoms with E-state index in [1.54, 1.807) is 0 Å². The second-order valence-electron chi connectivity index (χ2n) is 9.78. The van der Waals surface area contributed by atoms with E-state index in [9.17, 15) is 0 Å². The third-order valence-electron chi connectivity index (χ3n) is 6.23. The molecule has 4 heteroatoms. The maximum atomic E-state index is 3.78. The molecule has 0 unspecified atom stereocenters. The predicted molar refractivity (Wildman–Crippen MR) is 138 cm³/mol. The molecule has 2 aromatic carbocycles. The van der Waals surface area contributed by atoms with Crippen molar-refractivity contribution in [1.82, 2.24) is 0 Å². The summed E-state index contributed by atoms with van der Waals surface area (Å²) in [4.78, 5) is 5.11. The number of rotatable bonds is 6. The van der Waals surface area contributed by atoms with E-state index in [1.165, 1.54) is 38.3 Å². The fraction of sp³-hybridized carbons (Fsp3) is 0.519. The molecule has 0 atom stereocenters. The Hall–Kier alpha value is -1.09. The van der Waals surface area contributed by atoms with Crippen molar-refractivity contribution in [2.24, 2.45) is 0 Å². The quantitative estimate of drug-likeness (QED) is 0.347. The SMILES string of the molecule is CC(C)c1cccc(C(C)C)c1N1CCN(c2c(C(C)C)cccc2C(C)C)[C]1=[Cu][Br]. The van der Waals surface area contributed by atoms with Crippen LogP contribution in [0.4, 0.5) is 11.4 Å². The summed E-state index contributed by atoms with van der Waals surface area (Å²) < 4.78 is 1.27. The summed E-state index contributed by atoms with van der Waals surface area (Å²) >= 11 is 5.59. The van der Waals surface area contributed by atoms with Crippen LogP contribution in [0.2, 0.25) is 0 Å². The molecule has 1 saturated heterocycles. The van der Waals surface area contributed by atoms with Gasteiger partial charge < -0.3 is 0 Å². The van der Waals surface area contributed by atoms with Crippen molar-refractivity contribution in [3.63, 3.8) is 0 Å². The number of nitrogens with zero attached hydrogens (tertiary/aromatic N) is 2. The Bertz CT molecular complexity index is 820. The van der Waals surface area contributed by atoms with Crippen LogP contribution in [0.5, 0.6) is 0 Å². The second kappa shape index (κ2) is 10.2. The number of benzene rings is 2. The molecule has 0 radical (unpaired) electrons. The molecule has 1 aliphatic heterocycles. The molecule has 0 spiro atoms. The number of hydrogen-bond donors (Lipinski definition) is 0. The summed E-state index contributed by atoms with van der Waals surface area (Å²) in [6.45, 7) is 20.5. The van der Waals surface area contributed by atoms with Crippen LogP contribution in [-0.2, 0) is 12.7 Å². The van der Waals surface area contributed by atoms with E-state index in [2.05, 4.69) is 116 Å². The predicted octanol–water partition coefficient (Wildman–Crippen LogP) is 7.99. The number of para-hydroxylation sites is 2. The van der Waals surface area contributed by atoms with Gasteiger partial charge in [-0.05, 0) is 0 Å². The van der Waals surface area contributed by atoms with Crippen LogP contribution >= 0.6 is 14.1 Å². The van der Waals surface area contributed by atoms with Gasteiger partial charge in [0.25, 0.3) is 0 Å². The zero-order valence-electron chi connectivity index (χ0n) is 20.3. The van der Waals surface area contributed by atoms with Crippen molar-refractivity contribution in [3.05, 3.63) is 58.7 Å². The molecule has 1 fully saturated rings. The summed E-state index contributed by atoms with van der Waals surface area (Å²) in [5.41, 5.74) is 8.56. The molecule has 2 nitrogen and oxygen atoms in total. The van der Waals surface area contributed by atoms with Gasteiger partial charge in [-0.25, -0.2) is 0 Å². The number of hydrogen-bond acceptors (Lipinski definition) is 2. The Morgan fingerprint density at radius 3 is 1.13 bits per heavy atom. The zero-order valence-corrected chi connectivity index (χ0v) is 22.8. The van der Waals surface area contributed by atoms with Gasteiger partial charge in [-0.2, -0.15) is 0 Å². The molecule has 1 aliphatic rings. The van der Waals surface area contributed by atoms with Crippen LogP contribution in [-0.4, -0.2) is 17.8 Å². The first kappa shape index (κ1) is 24.5. The average molecular weight is 534 g/mol. The van der Waals surface area contributed by atoms with Gasteiger partial charge in [0.05, 0.1) is 0 Å². The standard InChI is InChI=1S/C27H38N2.BrH.Cu/c1-18(2)22-11-9-12-23(19(3)4)26(22)28-15-16-29(17-28)27-24(20(5)6)13-10-14-25(27)21(7)8;;/h9-14,18-21H,15-16H2,1-8H3;1H;/q;;+1/p-1. The van der Waals surface area contributed by atoms with Crippen LogP contribution in [0.3, 0.4) is 0 Å². The van der Waals surface area contributed by atoms with E-state index in [0.29, 0.717) is 23.7 Å². The molecule has 0 aliphatic carbocycles. The van der Waals surface area contributed by atoms with E-state index in [-0.39, 0.29) is 0 Å². The Morgan fingerprint density at radius 1 is 0.613 bits per heavy atom. The van der Waals surface area contributed by atoms with Gasteiger partial charge >= 0.3 is 203 Å². The summed E-state index contributed by atoms with van der Waals surface area (Å²) in [6.07, 6.45) is 0. The van der Waals surface area contributed by atoms with Crippen molar-refractivity contribution in [2.75, 3.05) is 22.9 Å². The van der Waals surface area contributed by atoms with Gasteiger partial charge in [0.2, 0.25) is 0 Å². The first-order valence-corrected chi connectivity index (χ1v) is 14.4. The molecule has 3 rings (SSSR count). The summed E-state index contributed by atoms with van der Waals surface area (Å²) in [5, 5.41) is 0. The van der Waals surface area contributed by atoms with Crippen LogP contribution < -0.4 is 9.80 Å². The molecule has 31 heavy (non-hydrogen) atoms. The molecular weight excluding hydrogens is 496 g/mol. The van der Waals surface area contributed by atoms with Gasteiger partial charge in [-0.15, -0.1) is 0 Å².